The zero-order valence-electron chi connectivity index (χ0n) is 11.8. The summed E-state index contributed by atoms with van der Waals surface area (Å²) in [5.41, 5.74) is 2.62. The fourth-order valence-electron chi connectivity index (χ4n) is 3.13. The summed E-state index contributed by atoms with van der Waals surface area (Å²) in [5, 5.41) is 0. The Kier molecular flexibility index (Phi) is 3.38. The lowest BCUT2D eigenvalue weighted by Crippen LogP contribution is -2.24. The number of rotatable bonds is 2. The summed E-state index contributed by atoms with van der Waals surface area (Å²) in [4.78, 5) is 0.381. The standard InChI is InChI=1S/C16H21BrO2/c1-10-6-13(9-18-10)15(17)11-4-5-14-12(7-11)8-16(2,3)19-14/h4-5,7,10,13,15H,6,8-9H2,1-3H3. The van der Waals surface area contributed by atoms with Gasteiger partial charge in [-0.2, -0.15) is 0 Å². The Balaban J connectivity index is 1.80. The number of hydrogen-bond acceptors (Lipinski definition) is 2. The topological polar surface area (TPSA) is 18.5 Å². The van der Waals surface area contributed by atoms with Crippen LogP contribution in [0.25, 0.3) is 0 Å². The van der Waals surface area contributed by atoms with Gasteiger partial charge in [0.1, 0.15) is 11.4 Å². The molecular weight excluding hydrogens is 304 g/mol. The molecule has 1 aromatic carbocycles. The molecule has 1 saturated heterocycles. The van der Waals surface area contributed by atoms with Crippen molar-refractivity contribution in [3.8, 4) is 5.75 Å². The van der Waals surface area contributed by atoms with E-state index in [2.05, 4.69) is 54.9 Å². The highest BCUT2D eigenvalue weighted by molar-refractivity contribution is 9.09. The Labute approximate surface area is 123 Å². The van der Waals surface area contributed by atoms with Crippen molar-refractivity contribution in [1.82, 2.24) is 0 Å². The molecule has 19 heavy (non-hydrogen) atoms. The minimum absolute atomic E-state index is 0.0618. The predicted octanol–water partition coefficient (Wildman–Crippen LogP) is 4.26. The largest absolute Gasteiger partial charge is 0.487 e. The van der Waals surface area contributed by atoms with Crippen LogP contribution in [0.2, 0.25) is 0 Å². The van der Waals surface area contributed by atoms with Gasteiger partial charge in [-0.1, -0.05) is 28.1 Å². The number of benzene rings is 1. The average Bonchev–Trinajstić information content (AvgIpc) is 2.88. The van der Waals surface area contributed by atoms with Gasteiger partial charge in [0.15, 0.2) is 0 Å². The molecule has 1 fully saturated rings. The molecule has 0 N–H and O–H groups in total. The Bertz CT molecular complexity index is 484. The second kappa shape index (κ2) is 4.78. The lowest BCUT2D eigenvalue weighted by atomic mass is 9.94. The number of alkyl halides is 1. The zero-order chi connectivity index (χ0) is 13.6. The van der Waals surface area contributed by atoms with Gasteiger partial charge in [0, 0.05) is 17.2 Å². The molecule has 3 atom stereocenters. The molecule has 2 aliphatic heterocycles. The quantitative estimate of drug-likeness (QED) is 0.757. The van der Waals surface area contributed by atoms with Gasteiger partial charge >= 0.3 is 0 Å². The van der Waals surface area contributed by atoms with Gasteiger partial charge in [-0.3, -0.25) is 0 Å². The first-order valence-electron chi connectivity index (χ1n) is 7.02. The van der Waals surface area contributed by atoms with Gasteiger partial charge in [-0.15, -0.1) is 0 Å². The van der Waals surface area contributed by atoms with Crippen LogP contribution in [0.4, 0.5) is 0 Å². The minimum Gasteiger partial charge on any atom is -0.487 e. The maximum absolute atomic E-state index is 5.93. The maximum Gasteiger partial charge on any atom is 0.123 e. The highest BCUT2D eigenvalue weighted by atomic mass is 79.9. The van der Waals surface area contributed by atoms with Crippen molar-refractivity contribution in [3.63, 3.8) is 0 Å². The SMILES string of the molecule is CC1CC(C(Br)c2ccc3c(c2)CC(C)(C)O3)CO1. The van der Waals surface area contributed by atoms with Crippen molar-refractivity contribution in [1.29, 1.82) is 0 Å². The number of ether oxygens (including phenoxy) is 2. The fraction of sp³-hybridized carbons (Fsp3) is 0.625. The molecule has 2 aliphatic rings. The first kappa shape index (κ1) is 13.4. The van der Waals surface area contributed by atoms with E-state index >= 15 is 0 Å². The molecular formula is C16H21BrO2. The lowest BCUT2D eigenvalue weighted by Gasteiger charge is -2.17. The van der Waals surface area contributed by atoms with E-state index in [4.69, 9.17) is 9.47 Å². The first-order chi connectivity index (χ1) is 8.94. The molecule has 0 aliphatic carbocycles. The summed E-state index contributed by atoms with van der Waals surface area (Å²) in [7, 11) is 0. The van der Waals surface area contributed by atoms with Crippen LogP contribution in [0.5, 0.6) is 5.75 Å². The Morgan fingerprint density at radius 1 is 1.37 bits per heavy atom. The Morgan fingerprint density at radius 2 is 2.16 bits per heavy atom. The molecule has 3 unspecified atom stereocenters. The van der Waals surface area contributed by atoms with Crippen molar-refractivity contribution in [2.45, 2.75) is 50.1 Å². The van der Waals surface area contributed by atoms with Gasteiger partial charge in [0.25, 0.3) is 0 Å². The molecule has 0 spiro atoms. The van der Waals surface area contributed by atoms with Crippen LogP contribution in [-0.4, -0.2) is 18.3 Å². The third kappa shape index (κ3) is 2.68. The summed E-state index contributed by atoms with van der Waals surface area (Å²) in [6.45, 7) is 7.30. The number of halogens is 1. The molecule has 1 aromatic rings. The lowest BCUT2D eigenvalue weighted by molar-refractivity contribution is 0.120. The van der Waals surface area contributed by atoms with Crippen molar-refractivity contribution in [2.75, 3.05) is 6.61 Å². The molecule has 0 aromatic heterocycles. The smallest absolute Gasteiger partial charge is 0.123 e. The highest BCUT2D eigenvalue weighted by Crippen LogP contribution is 2.41. The van der Waals surface area contributed by atoms with Crippen molar-refractivity contribution in [2.24, 2.45) is 5.92 Å². The van der Waals surface area contributed by atoms with Crippen molar-refractivity contribution >= 4 is 15.9 Å². The van der Waals surface area contributed by atoms with Crippen LogP contribution in [-0.2, 0) is 11.2 Å². The van der Waals surface area contributed by atoms with Crippen LogP contribution in [0, 0.1) is 5.92 Å². The Hall–Kier alpha value is -0.540. The predicted molar refractivity (Wildman–Crippen MR) is 80.0 cm³/mol. The Morgan fingerprint density at radius 3 is 2.84 bits per heavy atom. The van der Waals surface area contributed by atoms with E-state index in [1.165, 1.54) is 11.1 Å². The second-order valence-electron chi connectivity index (χ2n) is 6.45. The first-order valence-corrected chi connectivity index (χ1v) is 7.94. The van der Waals surface area contributed by atoms with Crippen LogP contribution in [0.1, 0.15) is 43.1 Å². The van der Waals surface area contributed by atoms with E-state index in [-0.39, 0.29) is 5.60 Å². The summed E-state index contributed by atoms with van der Waals surface area (Å²) < 4.78 is 11.6. The van der Waals surface area contributed by atoms with Gasteiger partial charge in [0.2, 0.25) is 0 Å². The molecule has 0 radical (unpaired) electrons. The average molecular weight is 325 g/mol. The molecule has 0 amide bonds. The van der Waals surface area contributed by atoms with Crippen LogP contribution < -0.4 is 4.74 Å². The van der Waals surface area contributed by atoms with E-state index in [1.54, 1.807) is 0 Å². The van der Waals surface area contributed by atoms with E-state index < -0.39 is 0 Å². The number of hydrogen-bond donors (Lipinski definition) is 0. The van der Waals surface area contributed by atoms with Crippen molar-refractivity contribution in [3.05, 3.63) is 29.3 Å². The van der Waals surface area contributed by atoms with E-state index in [9.17, 15) is 0 Å². The zero-order valence-corrected chi connectivity index (χ0v) is 13.4. The van der Waals surface area contributed by atoms with Crippen molar-refractivity contribution < 1.29 is 9.47 Å². The molecule has 104 valence electrons. The van der Waals surface area contributed by atoms with Gasteiger partial charge in [-0.25, -0.2) is 0 Å². The van der Waals surface area contributed by atoms with E-state index in [0.29, 0.717) is 16.8 Å². The molecule has 0 saturated carbocycles. The molecule has 0 bridgehead atoms. The normalized spacial score (nSPS) is 29.9. The summed E-state index contributed by atoms with van der Waals surface area (Å²) in [5.74, 6) is 1.62. The van der Waals surface area contributed by atoms with Crippen LogP contribution in [0.15, 0.2) is 18.2 Å². The summed E-state index contributed by atoms with van der Waals surface area (Å²) >= 11 is 3.86. The minimum atomic E-state index is -0.0618. The molecule has 2 heterocycles. The summed E-state index contributed by atoms with van der Waals surface area (Å²) in [6.07, 6.45) is 2.52. The molecule has 3 heteroatoms. The molecule has 3 rings (SSSR count). The molecule has 2 nitrogen and oxygen atoms in total. The van der Waals surface area contributed by atoms with E-state index in [1.807, 2.05) is 0 Å². The van der Waals surface area contributed by atoms with E-state index in [0.717, 1.165) is 25.2 Å². The summed E-state index contributed by atoms with van der Waals surface area (Å²) in [6, 6.07) is 6.60. The van der Waals surface area contributed by atoms with Crippen LogP contribution >= 0.6 is 15.9 Å². The van der Waals surface area contributed by atoms with Crippen LogP contribution in [0.3, 0.4) is 0 Å². The third-order valence-corrected chi connectivity index (χ3v) is 5.33. The van der Waals surface area contributed by atoms with Gasteiger partial charge in [0.05, 0.1) is 12.7 Å². The maximum atomic E-state index is 5.93. The van der Waals surface area contributed by atoms with Gasteiger partial charge in [-0.05, 0) is 44.4 Å². The fourth-order valence-corrected chi connectivity index (χ4v) is 3.78. The number of fused-ring (bicyclic) bond motifs is 1. The highest BCUT2D eigenvalue weighted by Gasteiger charge is 2.32. The van der Waals surface area contributed by atoms with Gasteiger partial charge < -0.3 is 9.47 Å². The second-order valence-corrected chi connectivity index (χ2v) is 7.43. The third-order valence-electron chi connectivity index (χ3n) is 4.05. The monoisotopic (exact) mass is 324 g/mol.